The summed E-state index contributed by atoms with van der Waals surface area (Å²) in [6.45, 7) is 2.99. The van der Waals surface area contributed by atoms with Crippen LogP contribution >= 0.6 is 0 Å². The molecule has 6 nitrogen and oxygen atoms in total. The second-order valence-electron chi connectivity index (χ2n) is 10.1. The van der Waals surface area contributed by atoms with Crippen molar-refractivity contribution in [3.05, 3.63) is 35.8 Å². The van der Waals surface area contributed by atoms with Crippen LogP contribution in [-0.4, -0.2) is 34.4 Å². The van der Waals surface area contributed by atoms with Crippen molar-refractivity contribution in [2.75, 3.05) is 13.2 Å². The van der Waals surface area contributed by atoms with E-state index in [2.05, 4.69) is 10.3 Å². The topological polar surface area (TPSA) is 72.7 Å². The Morgan fingerprint density at radius 3 is 2.73 bits per heavy atom. The fraction of sp³-hybridized carbons (Fsp3) is 0.625. The lowest BCUT2D eigenvalue weighted by Gasteiger charge is -2.66. The lowest BCUT2D eigenvalue weighted by molar-refractivity contribution is -0.177. The molecule has 4 fully saturated rings. The highest BCUT2D eigenvalue weighted by atomic mass is 16.5. The maximum absolute atomic E-state index is 13.1. The van der Waals surface area contributed by atoms with Crippen molar-refractivity contribution in [3.8, 4) is 0 Å². The van der Waals surface area contributed by atoms with Crippen LogP contribution in [-0.2, 0) is 16.0 Å². The Labute approximate surface area is 176 Å². The highest BCUT2D eigenvalue weighted by Gasteiger charge is 2.77. The van der Waals surface area contributed by atoms with Gasteiger partial charge in [0.15, 0.2) is 0 Å². The molecule has 0 aliphatic heterocycles. The van der Waals surface area contributed by atoms with Gasteiger partial charge in [0, 0.05) is 19.2 Å². The second kappa shape index (κ2) is 6.32. The third-order valence-electron chi connectivity index (χ3n) is 8.75. The van der Waals surface area contributed by atoms with E-state index < -0.39 is 0 Å². The number of carbonyl (C=O) groups is 2. The van der Waals surface area contributed by atoms with E-state index in [0.29, 0.717) is 36.0 Å². The molecule has 6 rings (SSSR count). The number of esters is 1. The normalized spacial score (nSPS) is 34.9. The molecule has 2 aromatic rings. The number of ether oxygens (including phenoxy) is 1. The Morgan fingerprint density at radius 2 is 2.03 bits per heavy atom. The number of pyridine rings is 1. The average molecular weight is 408 g/mol. The molecule has 2 bridgehead atoms. The summed E-state index contributed by atoms with van der Waals surface area (Å²) in [5.41, 5.74) is 3.16. The molecule has 2 aromatic heterocycles. The van der Waals surface area contributed by atoms with Crippen molar-refractivity contribution in [2.24, 2.45) is 28.6 Å². The molecule has 2 heterocycles. The fourth-order valence-electron chi connectivity index (χ4n) is 7.64. The largest absolute Gasteiger partial charge is 0.466 e. The predicted octanol–water partition coefficient (Wildman–Crippen LogP) is 3.39. The number of aryl methyl sites for hydroxylation is 1. The highest BCUT2D eigenvalue weighted by molar-refractivity contribution is 5.93. The number of fused-ring (bicyclic) bond motifs is 2. The maximum Gasteiger partial charge on any atom is 0.306 e. The van der Waals surface area contributed by atoms with Gasteiger partial charge in [-0.1, -0.05) is 6.07 Å². The van der Waals surface area contributed by atoms with Gasteiger partial charge in [-0.3, -0.25) is 14.0 Å². The van der Waals surface area contributed by atoms with Crippen LogP contribution in [0.25, 0.3) is 5.65 Å². The summed E-state index contributed by atoms with van der Waals surface area (Å²) in [6.07, 6.45) is 9.53. The molecule has 2 unspecified atom stereocenters. The SMILES string of the molecule is CCOC(=O)CCc1cn2c(C(=O)NCC34CC5CC6CC(C3)C65C4)cccc2n1. The summed E-state index contributed by atoms with van der Waals surface area (Å²) < 4.78 is 6.84. The van der Waals surface area contributed by atoms with Gasteiger partial charge in [0.25, 0.3) is 5.91 Å². The third-order valence-corrected chi connectivity index (χ3v) is 8.75. The van der Waals surface area contributed by atoms with Crippen molar-refractivity contribution >= 4 is 17.5 Å². The second-order valence-corrected chi connectivity index (χ2v) is 10.1. The van der Waals surface area contributed by atoms with E-state index in [1.807, 2.05) is 28.8 Å². The van der Waals surface area contributed by atoms with Crippen molar-refractivity contribution < 1.29 is 14.3 Å². The minimum Gasteiger partial charge on any atom is -0.466 e. The van der Waals surface area contributed by atoms with Crippen LogP contribution in [0.2, 0.25) is 0 Å². The van der Waals surface area contributed by atoms with E-state index >= 15 is 0 Å². The molecule has 0 radical (unpaired) electrons. The fourth-order valence-corrected chi connectivity index (χ4v) is 7.64. The molecular weight excluding hydrogens is 378 g/mol. The molecule has 4 aliphatic rings. The van der Waals surface area contributed by atoms with Crippen molar-refractivity contribution in [2.45, 2.75) is 51.9 Å². The third kappa shape index (κ3) is 2.45. The van der Waals surface area contributed by atoms with Gasteiger partial charge in [-0.25, -0.2) is 4.98 Å². The summed E-state index contributed by atoms with van der Waals surface area (Å²) in [7, 11) is 0. The van der Waals surface area contributed by atoms with E-state index in [9.17, 15) is 9.59 Å². The molecule has 30 heavy (non-hydrogen) atoms. The Bertz CT molecular complexity index is 1030. The first kappa shape index (κ1) is 18.4. The summed E-state index contributed by atoms with van der Waals surface area (Å²) in [6, 6.07) is 5.62. The minimum atomic E-state index is -0.218. The number of nitrogens with zero attached hydrogens (tertiary/aromatic N) is 2. The number of carbonyl (C=O) groups excluding carboxylic acids is 2. The monoisotopic (exact) mass is 407 g/mol. The number of imidazole rings is 1. The van der Waals surface area contributed by atoms with Gasteiger partial charge in [0.1, 0.15) is 11.3 Å². The van der Waals surface area contributed by atoms with E-state index in [-0.39, 0.29) is 11.9 Å². The van der Waals surface area contributed by atoms with Crippen LogP contribution < -0.4 is 5.32 Å². The van der Waals surface area contributed by atoms with E-state index in [4.69, 9.17) is 4.74 Å². The van der Waals surface area contributed by atoms with Gasteiger partial charge >= 0.3 is 5.97 Å². The number of hydrogen-bond donors (Lipinski definition) is 1. The van der Waals surface area contributed by atoms with Crippen molar-refractivity contribution in [3.63, 3.8) is 0 Å². The Kier molecular flexibility index (Phi) is 3.87. The first-order valence-electron chi connectivity index (χ1n) is 11.4. The molecule has 1 N–H and O–H groups in total. The van der Waals surface area contributed by atoms with Crippen LogP contribution in [0, 0.1) is 28.6 Å². The Morgan fingerprint density at radius 1 is 1.23 bits per heavy atom. The van der Waals surface area contributed by atoms with Gasteiger partial charge in [0.2, 0.25) is 0 Å². The number of amides is 1. The predicted molar refractivity (Wildman–Crippen MR) is 111 cm³/mol. The van der Waals surface area contributed by atoms with Gasteiger partial charge in [-0.05, 0) is 79.7 Å². The molecule has 2 atom stereocenters. The van der Waals surface area contributed by atoms with E-state index in [1.54, 1.807) is 6.92 Å². The number of aromatic nitrogens is 2. The lowest BCUT2D eigenvalue weighted by atomic mass is 9.38. The van der Waals surface area contributed by atoms with Crippen LogP contribution in [0.4, 0.5) is 0 Å². The van der Waals surface area contributed by atoms with Crippen molar-refractivity contribution in [1.29, 1.82) is 0 Å². The summed E-state index contributed by atoms with van der Waals surface area (Å²) >= 11 is 0. The van der Waals surface area contributed by atoms with Crippen molar-refractivity contribution in [1.82, 2.24) is 14.7 Å². The first-order valence-corrected chi connectivity index (χ1v) is 11.4. The smallest absolute Gasteiger partial charge is 0.306 e. The molecule has 4 saturated carbocycles. The van der Waals surface area contributed by atoms with E-state index in [0.717, 1.165) is 35.6 Å². The van der Waals surface area contributed by atoms with Gasteiger partial charge in [-0.15, -0.1) is 0 Å². The zero-order valence-electron chi connectivity index (χ0n) is 17.5. The maximum atomic E-state index is 13.1. The summed E-state index contributed by atoms with van der Waals surface area (Å²) in [5.74, 6) is 2.62. The van der Waals surface area contributed by atoms with Crippen LogP contribution in [0.5, 0.6) is 0 Å². The zero-order valence-corrected chi connectivity index (χ0v) is 17.5. The number of nitrogens with one attached hydrogen (secondary N) is 1. The molecule has 0 aromatic carbocycles. The zero-order chi connectivity index (χ0) is 20.5. The summed E-state index contributed by atoms with van der Waals surface area (Å²) in [5, 5.41) is 3.27. The minimum absolute atomic E-state index is 0.0307. The first-order chi connectivity index (χ1) is 14.5. The Hall–Kier alpha value is -2.37. The molecule has 1 spiro atoms. The van der Waals surface area contributed by atoms with Gasteiger partial charge < -0.3 is 10.1 Å². The number of hydrogen-bond acceptors (Lipinski definition) is 4. The average Bonchev–Trinajstić information content (AvgIpc) is 3.36. The van der Waals surface area contributed by atoms with E-state index in [1.165, 1.54) is 32.1 Å². The standard InChI is InChI=1S/C24H29N3O3/c1-2-30-21(28)7-6-18-12-27-19(4-3-5-20(27)26-18)22(29)25-14-23-10-16-8-15-9-17(11-23)24(15,16)13-23/h3-5,12,15-17H,2,6-11,13-14H2,1H3,(H,25,29). The molecule has 6 heteroatoms. The van der Waals surface area contributed by atoms with Gasteiger partial charge in [-0.2, -0.15) is 0 Å². The molecule has 4 aliphatic carbocycles. The quantitative estimate of drug-likeness (QED) is 0.714. The molecule has 1 amide bonds. The molecular formula is C24H29N3O3. The lowest BCUT2D eigenvalue weighted by Crippen LogP contribution is -2.59. The molecule has 0 saturated heterocycles. The molecule has 158 valence electrons. The summed E-state index contributed by atoms with van der Waals surface area (Å²) in [4.78, 5) is 29.3. The highest BCUT2D eigenvalue weighted by Crippen LogP contribution is 2.84. The number of rotatable bonds is 7. The van der Waals surface area contributed by atoms with Crippen LogP contribution in [0.3, 0.4) is 0 Å². The van der Waals surface area contributed by atoms with Crippen LogP contribution in [0.15, 0.2) is 24.4 Å². The van der Waals surface area contributed by atoms with Crippen LogP contribution in [0.1, 0.15) is 61.6 Å². The Balaban J connectivity index is 1.15. The van der Waals surface area contributed by atoms with Gasteiger partial charge in [0.05, 0.1) is 18.7 Å².